The lowest BCUT2D eigenvalue weighted by Gasteiger charge is -2.23. The fourth-order valence-corrected chi connectivity index (χ4v) is 3.53. The molecule has 2 heterocycles. The molecule has 1 aromatic heterocycles. The third kappa shape index (κ3) is 2.81. The number of rotatable bonds is 5. The van der Waals surface area contributed by atoms with Crippen LogP contribution in [0.15, 0.2) is 17.5 Å². The Morgan fingerprint density at radius 3 is 2.94 bits per heavy atom. The van der Waals surface area contributed by atoms with E-state index < -0.39 is 10.8 Å². The lowest BCUT2D eigenvalue weighted by atomic mass is 10.3. The molecule has 0 spiro atoms. The van der Waals surface area contributed by atoms with E-state index in [0.717, 1.165) is 4.88 Å². The van der Waals surface area contributed by atoms with Gasteiger partial charge in [0.15, 0.2) is 0 Å². The van der Waals surface area contributed by atoms with Crippen molar-refractivity contribution in [1.82, 2.24) is 10.2 Å². The molecule has 0 aromatic carbocycles. The highest BCUT2D eigenvalue weighted by atomic mass is 32.2. The number of amides is 1. The van der Waals surface area contributed by atoms with Crippen molar-refractivity contribution in [2.75, 3.05) is 18.1 Å². The summed E-state index contributed by atoms with van der Waals surface area (Å²) in [4.78, 5) is 15.0. The van der Waals surface area contributed by atoms with Crippen molar-refractivity contribution in [2.24, 2.45) is 0 Å². The second-order valence-electron chi connectivity index (χ2n) is 4.27. The summed E-state index contributed by atoms with van der Waals surface area (Å²) in [5.74, 6) is 1.30. The highest BCUT2D eigenvalue weighted by Crippen LogP contribution is 2.28. The molecule has 3 atom stereocenters. The zero-order chi connectivity index (χ0) is 13.1. The van der Waals surface area contributed by atoms with Crippen LogP contribution in [0.25, 0.3) is 0 Å². The Hall–Kier alpha value is -0.720. The van der Waals surface area contributed by atoms with Gasteiger partial charge in [-0.25, -0.2) is 0 Å². The number of thiophene rings is 1. The Bertz CT molecular complexity index is 433. The van der Waals surface area contributed by atoms with E-state index in [1.54, 1.807) is 11.3 Å². The second kappa shape index (κ2) is 5.95. The predicted octanol–water partition coefficient (Wildman–Crippen LogP) is 1.34. The van der Waals surface area contributed by atoms with Gasteiger partial charge in [-0.05, 0) is 18.4 Å². The minimum atomic E-state index is -0.829. The average molecular weight is 286 g/mol. The second-order valence-corrected chi connectivity index (χ2v) is 7.12. The first kappa shape index (κ1) is 13.7. The molecule has 6 heteroatoms. The number of carbonyl (C=O) groups excluding carboxylic acids is 1. The Balaban J connectivity index is 2.08. The molecule has 2 rings (SSSR count). The van der Waals surface area contributed by atoms with Crippen molar-refractivity contribution in [2.45, 2.75) is 26.1 Å². The van der Waals surface area contributed by atoms with Crippen LogP contribution in [0.1, 0.15) is 24.9 Å². The summed E-state index contributed by atoms with van der Waals surface area (Å²) < 4.78 is 11.5. The molecule has 0 saturated carbocycles. The van der Waals surface area contributed by atoms with E-state index in [9.17, 15) is 9.00 Å². The van der Waals surface area contributed by atoms with Crippen LogP contribution in [0.5, 0.6) is 0 Å². The minimum Gasteiger partial charge on any atom is -0.320 e. The molecule has 18 heavy (non-hydrogen) atoms. The van der Waals surface area contributed by atoms with Crippen molar-refractivity contribution < 1.29 is 9.00 Å². The molecule has 100 valence electrons. The van der Waals surface area contributed by atoms with Crippen molar-refractivity contribution in [3.8, 4) is 0 Å². The Morgan fingerprint density at radius 2 is 2.33 bits per heavy atom. The normalized spacial score (nSPS) is 25.7. The molecule has 1 aliphatic rings. The lowest BCUT2D eigenvalue weighted by Crippen LogP contribution is -2.33. The van der Waals surface area contributed by atoms with Crippen molar-refractivity contribution in [3.63, 3.8) is 0 Å². The van der Waals surface area contributed by atoms with Gasteiger partial charge in [0.05, 0.1) is 6.04 Å². The number of nitrogens with one attached hydrogen (secondary N) is 1. The molecule has 1 saturated heterocycles. The Morgan fingerprint density at radius 1 is 1.56 bits per heavy atom. The van der Waals surface area contributed by atoms with E-state index in [1.165, 1.54) is 0 Å². The number of hydrogen-bond acceptors (Lipinski definition) is 4. The van der Waals surface area contributed by atoms with Gasteiger partial charge < -0.3 is 4.90 Å². The fourth-order valence-electron chi connectivity index (χ4n) is 2.04. The summed E-state index contributed by atoms with van der Waals surface area (Å²) in [5, 5.41) is 5.29. The highest BCUT2D eigenvalue weighted by Gasteiger charge is 2.37. The van der Waals surface area contributed by atoms with E-state index in [2.05, 4.69) is 5.32 Å². The van der Waals surface area contributed by atoms with Crippen LogP contribution in [-0.4, -0.2) is 39.1 Å². The summed E-state index contributed by atoms with van der Waals surface area (Å²) in [5.41, 5.74) is 0. The number of hydrogen-bond donors (Lipinski definition) is 1. The van der Waals surface area contributed by atoms with Crippen LogP contribution >= 0.6 is 11.3 Å². The van der Waals surface area contributed by atoms with Gasteiger partial charge in [-0.2, -0.15) is 0 Å². The lowest BCUT2D eigenvalue weighted by molar-refractivity contribution is -0.129. The maximum Gasteiger partial charge on any atom is 0.241 e. The molecule has 0 aliphatic carbocycles. The van der Waals surface area contributed by atoms with Gasteiger partial charge in [0.2, 0.25) is 5.91 Å². The SMILES string of the molecule is CCS(=O)CCN1C(=O)C(C)NC1c1cccs1. The van der Waals surface area contributed by atoms with Gasteiger partial charge in [0.25, 0.3) is 0 Å². The van der Waals surface area contributed by atoms with Gasteiger partial charge in [0, 0.05) is 33.7 Å². The maximum atomic E-state index is 12.1. The number of carbonyl (C=O) groups is 1. The topological polar surface area (TPSA) is 49.4 Å². The average Bonchev–Trinajstić information content (AvgIpc) is 2.97. The zero-order valence-corrected chi connectivity index (χ0v) is 12.2. The summed E-state index contributed by atoms with van der Waals surface area (Å²) >= 11 is 1.64. The highest BCUT2D eigenvalue weighted by molar-refractivity contribution is 7.84. The third-order valence-electron chi connectivity index (χ3n) is 3.07. The standard InChI is InChI=1S/C12H18N2O2S2/c1-3-18(16)8-6-14-11(10-5-4-7-17-10)13-9(2)12(14)15/h4-5,7,9,11,13H,3,6,8H2,1-2H3. The smallest absolute Gasteiger partial charge is 0.241 e. The van der Waals surface area contributed by atoms with Crippen molar-refractivity contribution in [3.05, 3.63) is 22.4 Å². The Kier molecular flexibility index (Phi) is 4.53. The maximum absolute atomic E-state index is 12.1. The molecule has 0 bridgehead atoms. The molecule has 1 N–H and O–H groups in total. The first-order chi connectivity index (χ1) is 8.63. The van der Waals surface area contributed by atoms with Crippen LogP contribution in [-0.2, 0) is 15.6 Å². The fraction of sp³-hybridized carbons (Fsp3) is 0.583. The van der Waals surface area contributed by atoms with E-state index in [0.29, 0.717) is 18.1 Å². The zero-order valence-electron chi connectivity index (χ0n) is 10.6. The van der Waals surface area contributed by atoms with Crippen LogP contribution in [0, 0.1) is 0 Å². The molecule has 1 aliphatic heterocycles. The predicted molar refractivity (Wildman–Crippen MR) is 74.9 cm³/mol. The van der Waals surface area contributed by atoms with Crippen molar-refractivity contribution >= 4 is 28.0 Å². The molecule has 0 radical (unpaired) electrons. The largest absolute Gasteiger partial charge is 0.320 e. The minimum absolute atomic E-state index is 0.0543. The molecular formula is C12H18N2O2S2. The van der Waals surface area contributed by atoms with Crippen molar-refractivity contribution in [1.29, 1.82) is 0 Å². The van der Waals surface area contributed by atoms with Gasteiger partial charge in [-0.3, -0.25) is 14.3 Å². The monoisotopic (exact) mass is 286 g/mol. The molecular weight excluding hydrogens is 268 g/mol. The summed E-state index contributed by atoms with van der Waals surface area (Å²) in [6.45, 7) is 4.33. The van der Waals surface area contributed by atoms with Crippen LogP contribution < -0.4 is 5.32 Å². The quantitative estimate of drug-likeness (QED) is 0.888. The van der Waals surface area contributed by atoms with Gasteiger partial charge >= 0.3 is 0 Å². The Labute approximate surface area is 114 Å². The summed E-state index contributed by atoms with van der Waals surface area (Å²) in [6.07, 6.45) is -0.0543. The van der Waals surface area contributed by atoms with Crippen LogP contribution in [0.3, 0.4) is 0 Å². The summed E-state index contributed by atoms with van der Waals surface area (Å²) in [6, 6.07) is 3.85. The van der Waals surface area contributed by atoms with Crippen LogP contribution in [0.2, 0.25) is 0 Å². The van der Waals surface area contributed by atoms with E-state index in [1.807, 2.05) is 36.3 Å². The number of nitrogens with zero attached hydrogens (tertiary/aromatic N) is 1. The van der Waals surface area contributed by atoms with Gasteiger partial charge in [0.1, 0.15) is 6.17 Å². The third-order valence-corrected chi connectivity index (χ3v) is 5.27. The molecule has 4 nitrogen and oxygen atoms in total. The van der Waals surface area contributed by atoms with Crippen LogP contribution in [0.4, 0.5) is 0 Å². The molecule has 1 amide bonds. The molecule has 3 unspecified atom stereocenters. The van der Waals surface area contributed by atoms with Gasteiger partial charge in [-0.15, -0.1) is 11.3 Å². The van der Waals surface area contributed by atoms with Gasteiger partial charge in [-0.1, -0.05) is 13.0 Å². The first-order valence-electron chi connectivity index (χ1n) is 6.08. The first-order valence-corrected chi connectivity index (χ1v) is 8.45. The van der Waals surface area contributed by atoms with E-state index in [-0.39, 0.29) is 18.1 Å². The van der Waals surface area contributed by atoms with E-state index >= 15 is 0 Å². The molecule has 1 aromatic rings. The van der Waals surface area contributed by atoms with E-state index in [4.69, 9.17) is 0 Å². The molecule has 1 fully saturated rings. The summed E-state index contributed by atoms with van der Waals surface area (Å²) in [7, 11) is -0.829.